The van der Waals surface area contributed by atoms with Crippen molar-refractivity contribution in [2.75, 3.05) is 23.8 Å². The molecule has 0 aromatic carbocycles. The van der Waals surface area contributed by atoms with Crippen molar-refractivity contribution in [1.82, 2.24) is 9.97 Å². The molecule has 2 unspecified atom stereocenters. The van der Waals surface area contributed by atoms with Gasteiger partial charge in [-0.25, -0.2) is 4.98 Å². The Balaban J connectivity index is 1.93. The SMILES string of the molecule is CNc1ncc(Cl)c(N2CCCC3CCCC32)n1. The van der Waals surface area contributed by atoms with Crippen molar-refractivity contribution in [2.45, 2.75) is 38.1 Å². The summed E-state index contributed by atoms with van der Waals surface area (Å²) in [5.41, 5.74) is 0. The number of fused-ring (bicyclic) bond motifs is 1. The molecule has 1 aliphatic carbocycles. The average molecular weight is 267 g/mol. The monoisotopic (exact) mass is 266 g/mol. The lowest BCUT2D eigenvalue weighted by atomic mass is 9.92. The molecule has 1 aliphatic heterocycles. The van der Waals surface area contributed by atoms with Crippen LogP contribution in [0.4, 0.5) is 11.8 Å². The molecule has 0 bridgehead atoms. The van der Waals surface area contributed by atoms with Crippen molar-refractivity contribution in [3.8, 4) is 0 Å². The fourth-order valence-corrected chi connectivity index (χ4v) is 3.60. The Kier molecular flexibility index (Phi) is 3.29. The maximum absolute atomic E-state index is 6.28. The van der Waals surface area contributed by atoms with Crippen LogP contribution in [0, 0.1) is 5.92 Å². The van der Waals surface area contributed by atoms with E-state index in [0.29, 0.717) is 17.0 Å². The third-order valence-electron chi connectivity index (χ3n) is 4.21. The third-order valence-corrected chi connectivity index (χ3v) is 4.48. The summed E-state index contributed by atoms with van der Waals surface area (Å²) in [5.74, 6) is 2.39. The third kappa shape index (κ3) is 2.03. The predicted molar refractivity (Wildman–Crippen MR) is 74.3 cm³/mol. The Morgan fingerprint density at radius 2 is 2.17 bits per heavy atom. The molecule has 0 spiro atoms. The van der Waals surface area contributed by atoms with Crippen molar-refractivity contribution in [1.29, 1.82) is 0 Å². The maximum atomic E-state index is 6.28. The zero-order chi connectivity index (χ0) is 12.5. The van der Waals surface area contributed by atoms with Crippen molar-refractivity contribution in [3.63, 3.8) is 0 Å². The van der Waals surface area contributed by atoms with E-state index in [2.05, 4.69) is 20.2 Å². The van der Waals surface area contributed by atoms with Gasteiger partial charge in [-0.05, 0) is 31.6 Å². The van der Waals surface area contributed by atoms with Gasteiger partial charge in [0.25, 0.3) is 0 Å². The molecule has 2 fully saturated rings. The van der Waals surface area contributed by atoms with Gasteiger partial charge in [-0.1, -0.05) is 18.0 Å². The van der Waals surface area contributed by atoms with Crippen LogP contribution in [0.3, 0.4) is 0 Å². The van der Waals surface area contributed by atoms with Crippen LogP contribution in [0.2, 0.25) is 5.02 Å². The largest absolute Gasteiger partial charge is 0.357 e. The molecule has 2 heterocycles. The van der Waals surface area contributed by atoms with Crippen molar-refractivity contribution >= 4 is 23.4 Å². The molecular formula is C13H19ClN4. The van der Waals surface area contributed by atoms with Crippen LogP contribution in [-0.2, 0) is 0 Å². The van der Waals surface area contributed by atoms with E-state index in [-0.39, 0.29) is 0 Å². The van der Waals surface area contributed by atoms with E-state index >= 15 is 0 Å². The highest BCUT2D eigenvalue weighted by Crippen LogP contribution is 2.40. The minimum Gasteiger partial charge on any atom is -0.357 e. The van der Waals surface area contributed by atoms with Crippen LogP contribution in [0.1, 0.15) is 32.1 Å². The number of rotatable bonds is 2. The molecule has 1 aromatic rings. The second-order valence-corrected chi connectivity index (χ2v) is 5.62. The van der Waals surface area contributed by atoms with E-state index < -0.39 is 0 Å². The normalized spacial score (nSPS) is 27.1. The second-order valence-electron chi connectivity index (χ2n) is 5.21. The lowest BCUT2D eigenvalue weighted by Gasteiger charge is -2.39. The predicted octanol–water partition coefficient (Wildman–Crippen LogP) is 2.94. The van der Waals surface area contributed by atoms with Gasteiger partial charge in [0.1, 0.15) is 5.02 Å². The molecule has 1 saturated heterocycles. The van der Waals surface area contributed by atoms with E-state index in [9.17, 15) is 0 Å². The van der Waals surface area contributed by atoms with Gasteiger partial charge in [0.2, 0.25) is 5.95 Å². The van der Waals surface area contributed by atoms with Crippen molar-refractivity contribution in [2.24, 2.45) is 5.92 Å². The number of nitrogens with zero attached hydrogens (tertiary/aromatic N) is 3. The number of halogens is 1. The molecule has 98 valence electrons. The summed E-state index contributed by atoms with van der Waals surface area (Å²) < 4.78 is 0. The van der Waals surface area contributed by atoms with Gasteiger partial charge in [-0.3, -0.25) is 0 Å². The smallest absolute Gasteiger partial charge is 0.224 e. The molecule has 0 amide bonds. The van der Waals surface area contributed by atoms with Gasteiger partial charge < -0.3 is 10.2 Å². The first-order valence-electron chi connectivity index (χ1n) is 6.76. The first kappa shape index (κ1) is 12.0. The van der Waals surface area contributed by atoms with Crippen molar-refractivity contribution in [3.05, 3.63) is 11.2 Å². The van der Waals surface area contributed by atoms with Crippen LogP contribution in [-0.4, -0.2) is 29.6 Å². The Morgan fingerprint density at radius 3 is 3.00 bits per heavy atom. The van der Waals surface area contributed by atoms with Crippen LogP contribution in [0.15, 0.2) is 6.20 Å². The van der Waals surface area contributed by atoms with Crippen molar-refractivity contribution < 1.29 is 0 Å². The number of aromatic nitrogens is 2. The number of hydrogen-bond acceptors (Lipinski definition) is 4. The average Bonchev–Trinajstić information content (AvgIpc) is 2.87. The molecule has 5 heteroatoms. The molecule has 1 saturated carbocycles. The fourth-order valence-electron chi connectivity index (χ4n) is 3.40. The highest BCUT2D eigenvalue weighted by Gasteiger charge is 2.36. The molecule has 18 heavy (non-hydrogen) atoms. The van der Waals surface area contributed by atoms with Gasteiger partial charge in [-0.2, -0.15) is 4.98 Å². The summed E-state index contributed by atoms with van der Waals surface area (Å²) in [4.78, 5) is 11.1. The van der Waals surface area contributed by atoms with E-state index in [1.807, 2.05) is 7.05 Å². The highest BCUT2D eigenvalue weighted by molar-refractivity contribution is 6.32. The Morgan fingerprint density at radius 1 is 1.33 bits per heavy atom. The summed E-state index contributed by atoms with van der Waals surface area (Å²) in [6.45, 7) is 1.07. The maximum Gasteiger partial charge on any atom is 0.224 e. The number of hydrogen-bond donors (Lipinski definition) is 1. The van der Waals surface area contributed by atoms with E-state index in [1.165, 1.54) is 32.1 Å². The van der Waals surface area contributed by atoms with Gasteiger partial charge in [-0.15, -0.1) is 0 Å². The van der Waals surface area contributed by atoms with E-state index in [1.54, 1.807) is 6.20 Å². The molecule has 2 atom stereocenters. The number of anilines is 2. The summed E-state index contributed by atoms with van der Waals surface area (Å²) in [5, 5.41) is 3.65. The summed E-state index contributed by atoms with van der Waals surface area (Å²) in [7, 11) is 1.83. The quantitative estimate of drug-likeness (QED) is 0.894. The molecule has 4 nitrogen and oxygen atoms in total. The molecular weight excluding hydrogens is 248 g/mol. The minimum absolute atomic E-state index is 0.635. The Labute approximate surface area is 113 Å². The minimum atomic E-state index is 0.635. The number of nitrogens with one attached hydrogen (secondary N) is 1. The Hall–Kier alpha value is -1.03. The zero-order valence-corrected chi connectivity index (χ0v) is 11.5. The first-order chi connectivity index (χ1) is 8.79. The van der Waals surface area contributed by atoms with Crippen LogP contribution >= 0.6 is 11.6 Å². The number of piperidine rings is 1. The van der Waals surface area contributed by atoms with Gasteiger partial charge in [0, 0.05) is 19.6 Å². The molecule has 1 N–H and O–H groups in total. The van der Waals surface area contributed by atoms with E-state index in [4.69, 9.17) is 11.6 Å². The van der Waals surface area contributed by atoms with Crippen LogP contribution in [0.5, 0.6) is 0 Å². The molecule has 1 aromatic heterocycles. The van der Waals surface area contributed by atoms with E-state index in [0.717, 1.165) is 18.3 Å². The van der Waals surface area contributed by atoms with Crippen LogP contribution in [0.25, 0.3) is 0 Å². The zero-order valence-electron chi connectivity index (χ0n) is 10.7. The lowest BCUT2D eigenvalue weighted by molar-refractivity contribution is 0.360. The fraction of sp³-hybridized carbons (Fsp3) is 0.692. The van der Waals surface area contributed by atoms with Crippen LogP contribution < -0.4 is 10.2 Å². The molecule has 3 rings (SSSR count). The second kappa shape index (κ2) is 4.92. The van der Waals surface area contributed by atoms with Gasteiger partial charge in [0.15, 0.2) is 5.82 Å². The first-order valence-corrected chi connectivity index (χ1v) is 7.14. The molecule has 0 radical (unpaired) electrons. The molecule has 2 aliphatic rings. The lowest BCUT2D eigenvalue weighted by Crippen LogP contribution is -2.43. The topological polar surface area (TPSA) is 41.1 Å². The highest BCUT2D eigenvalue weighted by atomic mass is 35.5. The summed E-state index contributed by atoms with van der Waals surface area (Å²) >= 11 is 6.28. The summed E-state index contributed by atoms with van der Waals surface area (Å²) in [6.07, 6.45) is 8.30. The Bertz CT molecular complexity index is 437. The summed E-state index contributed by atoms with van der Waals surface area (Å²) in [6, 6.07) is 0.635. The van der Waals surface area contributed by atoms with Gasteiger partial charge in [0.05, 0.1) is 6.20 Å². The van der Waals surface area contributed by atoms with Gasteiger partial charge >= 0.3 is 0 Å². The standard InChI is InChI=1S/C13H19ClN4/c1-15-13-16-8-10(14)12(17-13)18-7-3-5-9-4-2-6-11(9)18/h8-9,11H,2-7H2,1H3,(H,15,16,17).